The number of nitrogens with one attached hydrogen (secondary N) is 1. The second kappa shape index (κ2) is 8.12. The van der Waals surface area contributed by atoms with E-state index in [1.165, 1.54) is 12.8 Å². The van der Waals surface area contributed by atoms with Gasteiger partial charge in [-0.15, -0.1) is 0 Å². The van der Waals surface area contributed by atoms with Crippen LogP contribution in [0.5, 0.6) is 11.5 Å². The van der Waals surface area contributed by atoms with Crippen molar-refractivity contribution in [3.63, 3.8) is 0 Å². The third-order valence-corrected chi connectivity index (χ3v) is 3.71. The number of para-hydroxylation sites is 2. The van der Waals surface area contributed by atoms with E-state index in [9.17, 15) is 0 Å². The molecule has 1 fully saturated rings. The number of piperazine rings is 1. The summed E-state index contributed by atoms with van der Waals surface area (Å²) in [5.74, 6) is 1.63. The van der Waals surface area contributed by atoms with Gasteiger partial charge in [-0.25, -0.2) is 0 Å². The first-order chi connectivity index (χ1) is 9.83. The summed E-state index contributed by atoms with van der Waals surface area (Å²) in [6.07, 6.45) is 2.49. The topological polar surface area (TPSA) is 33.7 Å². The van der Waals surface area contributed by atoms with Gasteiger partial charge in [0.25, 0.3) is 0 Å². The van der Waals surface area contributed by atoms with E-state index < -0.39 is 0 Å². The smallest absolute Gasteiger partial charge is 0.161 e. The van der Waals surface area contributed by atoms with Crippen molar-refractivity contribution in [3.8, 4) is 11.5 Å². The van der Waals surface area contributed by atoms with E-state index in [2.05, 4.69) is 17.1 Å². The summed E-state index contributed by atoms with van der Waals surface area (Å²) >= 11 is 0. The molecule has 1 N–H and O–H groups in total. The molecule has 1 aliphatic rings. The van der Waals surface area contributed by atoms with Gasteiger partial charge in [-0.3, -0.25) is 4.90 Å². The van der Waals surface area contributed by atoms with Crippen LogP contribution in [0.3, 0.4) is 0 Å². The van der Waals surface area contributed by atoms with Crippen molar-refractivity contribution in [2.45, 2.75) is 25.8 Å². The average molecular weight is 278 g/mol. The molecular formula is C16H26N2O2. The molecule has 1 atom stereocenters. The van der Waals surface area contributed by atoms with Crippen molar-refractivity contribution in [2.75, 3.05) is 39.9 Å². The second-order valence-corrected chi connectivity index (χ2v) is 5.24. The molecular weight excluding hydrogens is 252 g/mol. The zero-order valence-corrected chi connectivity index (χ0v) is 12.6. The fourth-order valence-corrected chi connectivity index (χ4v) is 2.66. The first kappa shape index (κ1) is 15.1. The normalized spacial score (nSPS) is 19.8. The predicted octanol–water partition coefficient (Wildman–Crippen LogP) is 2.15. The molecule has 0 amide bonds. The number of ether oxygens (including phenoxy) is 2. The molecule has 4 nitrogen and oxygen atoms in total. The highest BCUT2D eigenvalue weighted by atomic mass is 16.5. The van der Waals surface area contributed by atoms with Crippen molar-refractivity contribution >= 4 is 0 Å². The number of methoxy groups -OCH3 is 1. The van der Waals surface area contributed by atoms with Gasteiger partial charge in [-0.1, -0.05) is 25.5 Å². The van der Waals surface area contributed by atoms with Crippen LogP contribution in [0.1, 0.15) is 19.8 Å². The second-order valence-electron chi connectivity index (χ2n) is 5.24. The van der Waals surface area contributed by atoms with Crippen molar-refractivity contribution in [2.24, 2.45) is 0 Å². The SMILES string of the molecule is CCCC1CN(CCOc2ccccc2OC)CCN1. The Hall–Kier alpha value is -1.26. The van der Waals surface area contributed by atoms with E-state index in [-0.39, 0.29) is 0 Å². The molecule has 1 aliphatic heterocycles. The van der Waals surface area contributed by atoms with Crippen molar-refractivity contribution in [1.82, 2.24) is 10.2 Å². The monoisotopic (exact) mass is 278 g/mol. The van der Waals surface area contributed by atoms with Crippen LogP contribution < -0.4 is 14.8 Å². The molecule has 1 aromatic carbocycles. The van der Waals surface area contributed by atoms with Gasteiger partial charge < -0.3 is 14.8 Å². The Morgan fingerprint density at radius 1 is 1.30 bits per heavy atom. The molecule has 1 unspecified atom stereocenters. The van der Waals surface area contributed by atoms with Gasteiger partial charge in [0.2, 0.25) is 0 Å². The lowest BCUT2D eigenvalue weighted by atomic mass is 10.1. The molecule has 0 spiro atoms. The summed E-state index contributed by atoms with van der Waals surface area (Å²) in [5, 5.41) is 3.57. The summed E-state index contributed by atoms with van der Waals surface area (Å²) in [5.41, 5.74) is 0. The summed E-state index contributed by atoms with van der Waals surface area (Å²) in [4.78, 5) is 2.48. The number of hydrogen-bond donors (Lipinski definition) is 1. The Labute approximate surface area is 122 Å². The number of hydrogen-bond acceptors (Lipinski definition) is 4. The van der Waals surface area contributed by atoms with Crippen LogP contribution in [0.2, 0.25) is 0 Å². The lowest BCUT2D eigenvalue weighted by molar-refractivity contribution is 0.160. The maximum atomic E-state index is 5.84. The summed E-state index contributed by atoms with van der Waals surface area (Å²) in [7, 11) is 1.67. The fourth-order valence-electron chi connectivity index (χ4n) is 2.66. The lowest BCUT2D eigenvalue weighted by Crippen LogP contribution is -2.51. The quantitative estimate of drug-likeness (QED) is 0.828. The van der Waals surface area contributed by atoms with Crippen LogP contribution in [0.4, 0.5) is 0 Å². The molecule has 112 valence electrons. The first-order valence-corrected chi connectivity index (χ1v) is 7.55. The molecule has 1 heterocycles. The molecule has 20 heavy (non-hydrogen) atoms. The van der Waals surface area contributed by atoms with Gasteiger partial charge >= 0.3 is 0 Å². The van der Waals surface area contributed by atoms with Crippen LogP contribution in [-0.2, 0) is 0 Å². The molecule has 0 bridgehead atoms. The van der Waals surface area contributed by atoms with E-state index in [1.54, 1.807) is 7.11 Å². The Balaban J connectivity index is 1.75. The van der Waals surface area contributed by atoms with Gasteiger partial charge in [-0.2, -0.15) is 0 Å². The van der Waals surface area contributed by atoms with Gasteiger partial charge in [0, 0.05) is 32.2 Å². The van der Waals surface area contributed by atoms with Crippen LogP contribution in [0.15, 0.2) is 24.3 Å². The van der Waals surface area contributed by atoms with Crippen LogP contribution in [-0.4, -0.2) is 50.8 Å². The molecule has 0 saturated carbocycles. The highest BCUT2D eigenvalue weighted by Gasteiger charge is 2.18. The van der Waals surface area contributed by atoms with Crippen LogP contribution in [0, 0.1) is 0 Å². The van der Waals surface area contributed by atoms with E-state index >= 15 is 0 Å². The Morgan fingerprint density at radius 2 is 2.10 bits per heavy atom. The van der Waals surface area contributed by atoms with E-state index in [0.29, 0.717) is 12.6 Å². The zero-order valence-electron chi connectivity index (χ0n) is 12.6. The zero-order chi connectivity index (χ0) is 14.2. The van der Waals surface area contributed by atoms with Gasteiger partial charge in [0.15, 0.2) is 11.5 Å². The number of nitrogens with zero attached hydrogens (tertiary/aromatic N) is 1. The minimum Gasteiger partial charge on any atom is -0.493 e. The van der Waals surface area contributed by atoms with Crippen molar-refractivity contribution in [1.29, 1.82) is 0 Å². The van der Waals surface area contributed by atoms with E-state index in [0.717, 1.165) is 37.7 Å². The summed E-state index contributed by atoms with van der Waals surface area (Å²) in [6, 6.07) is 8.45. The highest BCUT2D eigenvalue weighted by molar-refractivity contribution is 5.39. The minimum absolute atomic E-state index is 0.639. The van der Waals surface area contributed by atoms with Crippen molar-refractivity contribution in [3.05, 3.63) is 24.3 Å². The fraction of sp³-hybridized carbons (Fsp3) is 0.625. The third-order valence-electron chi connectivity index (χ3n) is 3.71. The summed E-state index contributed by atoms with van der Waals surface area (Å²) in [6.45, 7) is 7.24. The molecule has 1 saturated heterocycles. The van der Waals surface area contributed by atoms with Crippen LogP contribution in [0.25, 0.3) is 0 Å². The highest BCUT2D eigenvalue weighted by Crippen LogP contribution is 2.25. The Morgan fingerprint density at radius 3 is 2.85 bits per heavy atom. The maximum Gasteiger partial charge on any atom is 0.161 e. The van der Waals surface area contributed by atoms with E-state index in [4.69, 9.17) is 9.47 Å². The Bertz CT molecular complexity index is 396. The van der Waals surface area contributed by atoms with Gasteiger partial charge in [0.1, 0.15) is 6.61 Å². The van der Waals surface area contributed by atoms with Crippen LogP contribution >= 0.6 is 0 Å². The predicted molar refractivity (Wildman–Crippen MR) is 81.6 cm³/mol. The largest absolute Gasteiger partial charge is 0.493 e. The Kier molecular flexibility index (Phi) is 6.15. The molecule has 4 heteroatoms. The number of benzene rings is 1. The molecule has 0 aromatic heterocycles. The molecule has 2 rings (SSSR count). The third kappa shape index (κ3) is 4.39. The van der Waals surface area contributed by atoms with Gasteiger partial charge in [0.05, 0.1) is 7.11 Å². The molecule has 1 aromatic rings. The molecule has 0 radical (unpaired) electrons. The maximum absolute atomic E-state index is 5.84. The first-order valence-electron chi connectivity index (χ1n) is 7.55. The molecule has 0 aliphatic carbocycles. The minimum atomic E-state index is 0.639. The standard InChI is InChI=1S/C16H26N2O2/c1-3-6-14-13-18(10-9-17-14)11-12-20-16-8-5-4-7-15(16)19-2/h4-5,7-8,14,17H,3,6,9-13H2,1-2H3. The number of rotatable bonds is 7. The van der Waals surface area contributed by atoms with Gasteiger partial charge in [-0.05, 0) is 18.6 Å². The van der Waals surface area contributed by atoms with Crippen molar-refractivity contribution < 1.29 is 9.47 Å². The average Bonchev–Trinajstić information content (AvgIpc) is 2.48. The lowest BCUT2D eigenvalue weighted by Gasteiger charge is -2.33. The summed E-state index contributed by atoms with van der Waals surface area (Å²) < 4.78 is 11.1. The van der Waals surface area contributed by atoms with E-state index in [1.807, 2.05) is 24.3 Å².